The first-order valence-electron chi connectivity index (χ1n) is 7.12. The van der Waals surface area contributed by atoms with Crippen molar-refractivity contribution in [3.8, 4) is 0 Å². The monoisotopic (exact) mass is 243 g/mol. The van der Waals surface area contributed by atoms with Gasteiger partial charge in [-0.3, -0.25) is 4.79 Å². The van der Waals surface area contributed by atoms with E-state index in [0.29, 0.717) is 12.3 Å². The molecule has 0 amide bonds. The van der Waals surface area contributed by atoms with Crippen LogP contribution in [-0.2, 0) is 4.79 Å². The lowest BCUT2D eigenvalue weighted by atomic mass is 9.92. The van der Waals surface area contributed by atoms with Crippen molar-refractivity contribution in [1.82, 2.24) is 0 Å². The van der Waals surface area contributed by atoms with Gasteiger partial charge in [0.05, 0.1) is 0 Å². The van der Waals surface area contributed by atoms with Gasteiger partial charge in [0.1, 0.15) is 0 Å². The maximum absolute atomic E-state index is 10.8. The molecule has 0 aromatic heterocycles. The first-order chi connectivity index (χ1) is 8.20. The predicted octanol–water partition coefficient (Wildman–Crippen LogP) is 3.57. The molecule has 0 aliphatic carbocycles. The molecule has 0 saturated heterocycles. The van der Waals surface area contributed by atoms with E-state index in [9.17, 15) is 4.79 Å². The van der Waals surface area contributed by atoms with Gasteiger partial charge in [-0.1, -0.05) is 45.4 Å². The summed E-state index contributed by atoms with van der Waals surface area (Å²) in [7, 11) is 0. The molecule has 17 heavy (non-hydrogen) atoms. The molecule has 0 heterocycles. The largest absolute Gasteiger partial charge is 0.481 e. The van der Waals surface area contributed by atoms with E-state index < -0.39 is 5.97 Å². The topological polar surface area (TPSA) is 63.3 Å². The third-order valence-corrected chi connectivity index (χ3v) is 3.25. The van der Waals surface area contributed by atoms with Gasteiger partial charge in [0.2, 0.25) is 0 Å². The number of carbonyl (C=O) groups is 1. The van der Waals surface area contributed by atoms with E-state index in [4.69, 9.17) is 10.8 Å². The second-order valence-electron chi connectivity index (χ2n) is 4.95. The molecule has 0 rings (SSSR count). The minimum atomic E-state index is -0.656. The highest BCUT2D eigenvalue weighted by molar-refractivity contribution is 5.66. The Morgan fingerprint density at radius 3 is 2.18 bits per heavy atom. The van der Waals surface area contributed by atoms with E-state index in [2.05, 4.69) is 6.92 Å². The second-order valence-corrected chi connectivity index (χ2v) is 4.95. The van der Waals surface area contributed by atoms with Crippen molar-refractivity contribution in [2.45, 2.75) is 71.1 Å². The van der Waals surface area contributed by atoms with Gasteiger partial charge in [0, 0.05) is 6.42 Å². The molecule has 1 atom stereocenters. The van der Waals surface area contributed by atoms with Crippen LogP contribution in [0, 0.1) is 5.92 Å². The van der Waals surface area contributed by atoms with Crippen LogP contribution in [0.3, 0.4) is 0 Å². The van der Waals surface area contributed by atoms with Gasteiger partial charge in [-0.2, -0.15) is 0 Å². The molecule has 0 spiro atoms. The van der Waals surface area contributed by atoms with Crippen molar-refractivity contribution < 1.29 is 9.90 Å². The summed E-state index contributed by atoms with van der Waals surface area (Å²) >= 11 is 0. The quantitative estimate of drug-likeness (QED) is 0.515. The van der Waals surface area contributed by atoms with Gasteiger partial charge in [-0.15, -0.1) is 0 Å². The Balaban J connectivity index is 3.65. The molecule has 102 valence electrons. The summed E-state index contributed by atoms with van der Waals surface area (Å²) in [6.07, 6.45) is 10.8. The zero-order valence-electron chi connectivity index (χ0n) is 11.3. The molecular weight excluding hydrogens is 214 g/mol. The lowest BCUT2D eigenvalue weighted by molar-refractivity contribution is -0.138. The maximum Gasteiger partial charge on any atom is 0.303 e. The van der Waals surface area contributed by atoms with E-state index in [1.165, 1.54) is 32.1 Å². The molecule has 3 N–H and O–H groups in total. The van der Waals surface area contributed by atoms with Gasteiger partial charge in [0.25, 0.3) is 0 Å². The van der Waals surface area contributed by atoms with Crippen LogP contribution < -0.4 is 5.73 Å². The Hall–Kier alpha value is -0.570. The summed E-state index contributed by atoms with van der Waals surface area (Å²) < 4.78 is 0. The third kappa shape index (κ3) is 11.7. The molecule has 1 unspecified atom stereocenters. The molecule has 0 aliphatic rings. The fourth-order valence-electron chi connectivity index (χ4n) is 2.21. The third-order valence-electron chi connectivity index (χ3n) is 3.25. The predicted molar refractivity (Wildman–Crippen MR) is 72.0 cm³/mol. The molecule has 3 heteroatoms. The number of carboxylic acids is 1. The lowest BCUT2D eigenvalue weighted by Gasteiger charge is -2.14. The maximum atomic E-state index is 10.8. The average molecular weight is 243 g/mol. The van der Waals surface area contributed by atoms with Crippen LogP contribution in [0.25, 0.3) is 0 Å². The summed E-state index contributed by atoms with van der Waals surface area (Å²) in [5.74, 6) is -0.294. The summed E-state index contributed by atoms with van der Waals surface area (Å²) in [4.78, 5) is 10.8. The lowest BCUT2D eigenvalue weighted by Crippen LogP contribution is -2.09. The van der Waals surface area contributed by atoms with E-state index >= 15 is 0 Å². The Bertz CT molecular complexity index is 183. The molecule has 0 aromatic rings. The highest BCUT2D eigenvalue weighted by Gasteiger charge is 2.12. The molecule has 0 aromatic carbocycles. The highest BCUT2D eigenvalue weighted by Crippen LogP contribution is 2.20. The average Bonchev–Trinajstić information content (AvgIpc) is 2.28. The molecule has 0 saturated carbocycles. The Kier molecular flexibility index (Phi) is 11.5. The zero-order chi connectivity index (χ0) is 12.9. The van der Waals surface area contributed by atoms with Gasteiger partial charge in [-0.05, 0) is 31.7 Å². The van der Waals surface area contributed by atoms with Gasteiger partial charge in [0.15, 0.2) is 0 Å². The van der Waals surface area contributed by atoms with Crippen LogP contribution >= 0.6 is 0 Å². The fourth-order valence-corrected chi connectivity index (χ4v) is 2.21. The summed E-state index contributed by atoms with van der Waals surface area (Å²) in [5, 5.41) is 8.86. The van der Waals surface area contributed by atoms with Crippen molar-refractivity contribution in [1.29, 1.82) is 0 Å². The molecule has 0 aliphatic heterocycles. The second kappa shape index (κ2) is 11.9. The number of hydrogen-bond acceptors (Lipinski definition) is 2. The van der Waals surface area contributed by atoms with Crippen LogP contribution in [0.15, 0.2) is 0 Å². The van der Waals surface area contributed by atoms with Crippen LogP contribution in [-0.4, -0.2) is 17.6 Å². The van der Waals surface area contributed by atoms with E-state index in [-0.39, 0.29) is 0 Å². The number of aliphatic carboxylic acids is 1. The summed E-state index contributed by atoms with van der Waals surface area (Å²) in [5.41, 5.74) is 5.45. The van der Waals surface area contributed by atoms with E-state index in [0.717, 1.165) is 32.2 Å². The highest BCUT2D eigenvalue weighted by atomic mass is 16.4. The number of unbranched alkanes of at least 4 members (excludes halogenated alkanes) is 5. The van der Waals surface area contributed by atoms with Crippen molar-refractivity contribution in [2.75, 3.05) is 6.54 Å². The van der Waals surface area contributed by atoms with Crippen molar-refractivity contribution in [3.63, 3.8) is 0 Å². The van der Waals surface area contributed by atoms with Gasteiger partial charge >= 0.3 is 5.97 Å². The SMILES string of the molecule is CCCCCCCC(CCCCN)CC(=O)O. The number of carboxylic acid groups (broad SMARTS) is 1. The zero-order valence-corrected chi connectivity index (χ0v) is 11.3. The number of nitrogens with two attached hydrogens (primary N) is 1. The summed E-state index contributed by atoms with van der Waals surface area (Å²) in [6, 6.07) is 0. The fraction of sp³-hybridized carbons (Fsp3) is 0.929. The normalized spacial score (nSPS) is 12.6. The Morgan fingerprint density at radius 2 is 1.65 bits per heavy atom. The molecule has 0 fully saturated rings. The minimum Gasteiger partial charge on any atom is -0.481 e. The minimum absolute atomic E-state index is 0.332. The van der Waals surface area contributed by atoms with Crippen molar-refractivity contribution >= 4 is 5.97 Å². The van der Waals surface area contributed by atoms with Crippen molar-refractivity contribution in [3.05, 3.63) is 0 Å². The van der Waals surface area contributed by atoms with Gasteiger partial charge in [-0.25, -0.2) is 0 Å². The van der Waals surface area contributed by atoms with E-state index in [1.807, 2.05) is 0 Å². The standard InChI is InChI=1S/C14H29NO2/c1-2-3-4-5-6-9-13(12-14(16)17)10-7-8-11-15/h13H,2-12,15H2,1H3,(H,16,17). The van der Waals surface area contributed by atoms with Crippen LogP contribution in [0.1, 0.15) is 71.1 Å². The number of rotatable bonds is 12. The molecule has 0 radical (unpaired) electrons. The molecular formula is C14H29NO2. The van der Waals surface area contributed by atoms with Crippen molar-refractivity contribution in [2.24, 2.45) is 11.7 Å². The van der Waals surface area contributed by atoms with Crippen LogP contribution in [0.2, 0.25) is 0 Å². The summed E-state index contributed by atoms with van der Waals surface area (Å²) in [6.45, 7) is 2.93. The smallest absolute Gasteiger partial charge is 0.303 e. The van der Waals surface area contributed by atoms with E-state index in [1.54, 1.807) is 0 Å². The molecule has 3 nitrogen and oxygen atoms in total. The molecule has 0 bridgehead atoms. The first kappa shape index (κ1) is 16.4. The number of hydrogen-bond donors (Lipinski definition) is 2. The Labute approximate surface area is 106 Å². The van der Waals surface area contributed by atoms with Gasteiger partial charge < -0.3 is 10.8 Å². The first-order valence-corrected chi connectivity index (χ1v) is 7.12. The Morgan fingerprint density at radius 1 is 1.06 bits per heavy atom. The van der Waals surface area contributed by atoms with Crippen LogP contribution in [0.4, 0.5) is 0 Å². The van der Waals surface area contributed by atoms with Crippen LogP contribution in [0.5, 0.6) is 0 Å².